The third kappa shape index (κ3) is 2.70. The Balaban J connectivity index is 2.17. The molecule has 0 aliphatic heterocycles. The van der Waals surface area contributed by atoms with Gasteiger partial charge in [0.25, 0.3) is 5.91 Å². The third-order valence-corrected chi connectivity index (χ3v) is 2.84. The molecule has 2 aromatic heterocycles. The molecule has 7 heteroatoms. The predicted molar refractivity (Wildman–Crippen MR) is 66.6 cm³/mol. The first kappa shape index (κ1) is 11.3. The quantitative estimate of drug-likeness (QED) is 0.744. The number of pyridine rings is 1. The lowest BCUT2D eigenvalue weighted by molar-refractivity contribution is 0.100. The maximum atomic E-state index is 11.2. The van der Waals surface area contributed by atoms with E-state index in [1.54, 1.807) is 6.20 Å². The zero-order chi connectivity index (χ0) is 12.3. The standard InChI is InChI=1S/C10H11N5OS/c11-6-3-7(9(12)16)10(14-4-6)15-5-8-13-1-2-17-8/h1-4H,5,11H2,(H2,12,16)(H,14,15). The zero-order valence-corrected chi connectivity index (χ0v) is 9.70. The number of nitrogens with zero attached hydrogens (tertiary/aromatic N) is 2. The van der Waals surface area contributed by atoms with Crippen LogP contribution in [0.4, 0.5) is 11.5 Å². The summed E-state index contributed by atoms with van der Waals surface area (Å²) in [6.45, 7) is 0.495. The Bertz CT molecular complexity index is 525. The second-order valence-corrected chi connectivity index (χ2v) is 4.29. The summed E-state index contributed by atoms with van der Waals surface area (Å²) in [6.07, 6.45) is 3.18. The van der Waals surface area contributed by atoms with Crippen molar-refractivity contribution >= 4 is 28.7 Å². The lowest BCUT2D eigenvalue weighted by Gasteiger charge is -2.08. The van der Waals surface area contributed by atoms with Crippen LogP contribution in [-0.2, 0) is 6.54 Å². The van der Waals surface area contributed by atoms with Crippen LogP contribution in [0.15, 0.2) is 23.8 Å². The summed E-state index contributed by atoms with van der Waals surface area (Å²) in [5.41, 5.74) is 11.5. The van der Waals surface area contributed by atoms with Gasteiger partial charge in [0.2, 0.25) is 0 Å². The molecule has 0 atom stereocenters. The fraction of sp³-hybridized carbons (Fsp3) is 0.100. The molecule has 0 saturated heterocycles. The van der Waals surface area contributed by atoms with Gasteiger partial charge in [-0.2, -0.15) is 0 Å². The van der Waals surface area contributed by atoms with Gasteiger partial charge in [-0.25, -0.2) is 9.97 Å². The second-order valence-electron chi connectivity index (χ2n) is 3.31. The van der Waals surface area contributed by atoms with E-state index in [1.165, 1.54) is 23.6 Å². The Morgan fingerprint density at radius 1 is 1.47 bits per heavy atom. The van der Waals surface area contributed by atoms with Crippen LogP contribution < -0.4 is 16.8 Å². The first-order valence-corrected chi connectivity index (χ1v) is 5.72. The van der Waals surface area contributed by atoms with Crippen molar-refractivity contribution in [3.8, 4) is 0 Å². The van der Waals surface area contributed by atoms with Gasteiger partial charge in [0.05, 0.1) is 24.0 Å². The third-order valence-electron chi connectivity index (χ3n) is 2.06. The van der Waals surface area contributed by atoms with E-state index in [1.807, 2.05) is 5.38 Å². The van der Waals surface area contributed by atoms with E-state index >= 15 is 0 Å². The second kappa shape index (κ2) is 4.79. The topological polar surface area (TPSA) is 107 Å². The highest BCUT2D eigenvalue weighted by Gasteiger charge is 2.10. The number of primary amides is 1. The average molecular weight is 249 g/mol. The van der Waals surface area contributed by atoms with Crippen molar-refractivity contribution in [2.75, 3.05) is 11.1 Å². The molecule has 0 unspecified atom stereocenters. The van der Waals surface area contributed by atoms with E-state index in [2.05, 4.69) is 15.3 Å². The monoisotopic (exact) mass is 249 g/mol. The van der Waals surface area contributed by atoms with Crippen molar-refractivity contribution in [1.82, 2.24) is 9.97 Å². The van der Waals surface area contributed by atoms with E-state index in [-0.39, 0.29) is 5.56 Å². The first-order chi connectivity index (χ1) is 8.16. The summed E-state index contributed by atoms with van der Waals surface area (Å²) in [6, 6.07) is 1.50. The van der Waals surface area contributed by atoms with Crippen molar-refractivity contribution in [2.24, 2.45) is 5.73 Å². The van der Waals surface area contributed by atoms with Crippen LogP contribution in [0.5, 0.6) is 0 Å². The normalized spacial score (nSPS) is 10.1. The van der Waals surface area contributed by atoms with Gasteiger partial charge in [-0.05, 0) is 6.07 Å². The molecule has 5 N–H and O–H groups in total. The van der Waals surface area contributed by atoms with Crippen LogP contribution in [0, 0.1) is 0 Å². The average Bonchev–Trinajstić information content (AvgIpc) is 2.80. The highest BCUT2D eigenvalue weighted by Crippen LogP contribution is 2.16. The molecule has 0 radical (unpaired) electrons. The Kier molecular flexibility index (Phi) is 3.20. The first-order valence-electron chi connectivity index (χ1n) is 4.84. The number of carbonyl (C=O) groups is 1. The summed E-state index contributed by atoms with van der Waals surface area (Å²) in [5, 5.41) is 5.78. The SMILES string of the molecule is NC(=O)c1cc(N)cnc1NCc1nccs1. The lowest BCUT2D eigenvalue weighted by atomic mass is 10.2. The molecule has 0 fully saturated rings. The highest BCUT2D eigenvalue weighted by molar-refractivity contribution is 7.09. The van der Waals surface area contributed by atoms with Crippen LogP contribution in [0.3, 0.4) is 0 Å². The van der Waals surface area contributed by atoms with Gasteiger partial charge in [-0.1, -0.05) is 0 Å². The van der Waals surface area contributed by atoms with E-state index in [0.717, 1.165) is 5.01 Å². The zero-order valence-electron chi connectivity index (χ0n) is 8.88. The smallest absolute Gasteiger partial charge is 0.252 e. The van der Waals surface area contributed by atoms with Crippen molar-refractivity contribution in [2.45, 2.75) is 6.54 Å². The summed E-state index contributed by atoms with van der Waals surface area (Å²) < 4.78 is 0. The van der Waals surface area contributed by atoms with Crippen molar-refractivity contribution in [3.05, 3.63) is 34.4 Å². The number of nitrogens with two attached hydrogens (primary N) is 2. The van der Waals surface area contributed by atoms with Gasteiger partial charge in [0.1, 0.15) is 10.8 Å². The Hall–Kier alpha value is -2.15. The van der Waals surface area contributed by atoms with Crippen molar-refractivity contribution < 1.29 is 4.79 Å². The molecule has 2 rings (SSSR count). The molecule has 0 aliphatic rings. The Morgan fingerprint density at radius 2 is 2.29 bits per heavy atom. The number of nitrogens with one attached hydrogen (secondary N) is 1. The van der Waals surface area contributed by atoms with Crippen LogP contribution in [0.2, 0.25) is 0 Å². The molecule has 0 bridgehead atoms. The summed E-state index contributed by atoms with van der Waals surface area (Å²) >= 11 is 1.52. The number of aromatic nitrogens is 2. The fourth-order valence-electron chi connectivity index (χ4n) is 1.31. The number of hydrogen-bond donors (Lipinski definition) is 3. The number of amides is 1. The van der Waals surface area contributed by atoms with Gasteiger partial charge in [0, 0.05) is 11.6 Å². The van der Waals surface area contributed by atoms with E-state index in [9.17, 15) is 4.79 Å². The number of hydrogen-bond acceptors (Lipinski definition) is 6. The van der Waals surface area contributed by atoms with Crippen molar-refractivity contribution in [1.29, 1.82) is 0 Å². The van der Waals surface area contributed by atoms with Gasteiger partial charge in [-0.15, -0.1) is 11.3 Å². The van der Waals surface area contributed by atoms with Gasteiger partial charge >= 0.3 is 0 Å². The number of carbonyl (C=O) groups excluding carboxylic acids is 1. The molecule has 0 saturated carbocycles. The molecular weight excluding hydrogens is 238 g/mol. The minimum atomic E-state index is -0.563. The molecule has 1 amide bonds. The maximum absolute atomic E-state index is 11.2. The molecular formula is C10H11N5OS. The molecule has 6 nitrogen and oxygen atoms in total. The van der Waals surface area contributed by atoms with E-state index in [4.69, 9.17) is 11.5 Å². The number of anilines is 2. The Labute approximate surface area is 102 Å². The lowest BCUT2D eigenvalue weighted by Crippen LogP contribution is -2.16. The fourth-order valence-corrected chi connectivity index (χ4v) is 1.87. The van der Waals surface area contributed by atoms with Gasteiger partial charge < -0.3 is 16.8 Å². The molecule has 2 heterocycles. The van der Waals surface area contributed by atoms with Crippen LogP contribution in [-0.4, -0.2) is 15.9 Å². The number of nitrogen functional groups attached to an aromatic ring is 1. The summed E-state index contributed by atoms with van der Waals surface area (Å²) in [7, 11) is 0. The highest BCUT2D eigenvalue weighted by atomic mass is 32.1. The summed E-state index contributed by atoms with van der Waals surface area (Å²) in [4.78, 5) is 19.4. The Morgan fingerprint density at radius 3 is 2.94 bits per heavy atom. The molecule has 88 valence electrons. The molecule has 0 aromatic carbocycles. The predicted octanol–water partition coefficient (Wildman–Crippen LogP) is 0.831. The number of thiazole rings is 1. The van der Waals surface area contributed by atoms with Crippen LogP contribution in [0.1, 0.15) is 15.4 Å². The van der Waals surface area contributed by atoms with Crippen LogP contribution >= 0.6 is 11.3 Å². The number of rotatable bonds is 4. The van der Waals surface area contributed by atoms with Crippen molar-refractivity contribution in [3.63, 3.8) is 0 Å². The molecule has 2 aromatic rings. The van der Waals surface area contributed by atoms with Crippen LogP contribution in [0.25, 0.3) is 0 Å². The van der Waals surface area contributed by atoms with Gasteiger partial charge in [0.15, 0.2) is 0 Å². The minimum Gasteiger partial charge on any atom is -0.397 e. The summed E-state index contributed by atoms with van der Waals surface area (Å²) in [5.74, 6) is -0.145. The van der Waals surface area contributed by atoms with E-state index < -0.39 is 5.91 Å². The maximum Gasteiger partial charge on any atom is 0.252 e. The largest absolute Gasteiger partial charge is 0.397 e. The molecule has 0 aliphatic carbocycles. The minimum absolute atomic E-state index is 0.279. The van der Waals surface area contributed by atoms with Gasteiger partial charge in [-0.3, -0.25) is 4.79 Å². The molecule has 17 heavy (non-hydrogen) atoms. The van der Waals surface area contributed by atoms with E-state index in [0.29, 0.717) is 18.1 Å². The molecule has 0 spiro atoms.